The Morgan fingerprint density at radius 1 is 0.775 bits per heavy atom. The quantitative estimate of drug-likeness (QED) is 0.238. The van der Waals surface area contributed by atoms with E-state index in [1.165, 1.54) is 16.3 Å². The van der Waals surface area contributed by atoms with Gasteiger partial charge >= 0.3 is 5.97 Å². The molecule has 198 valence electrons. The SMILES string of the molecule is O=C(NCc1ccc2ccccc2c1)c1ccc2c(c1)CCCN2Cc1ccc(-c2ccccc2C(=O)O)cc1. The van der Waals surface area contributed by atoms with Crippen LogP contribution in [0.1, 0.15) is 43.8 Å². The molecule has 0 aromatic heterocycles. The minimum absolute atomic E-state index is 0.0645. The van der Waals surface area contributed by atoms with Gasteiger partial charge in [-0.3, -0.25) is 4.79 Å². The first-order valence-corrected chi connectivity index (χ1v) is 13.6. The zero-order chi connectivity index (χ0) is 27.5. The Morgan fingerprint density at radius 3 is 2.35 bits per heavy atom. The highest BCUT2D eigenvalue weighted by atomic mass is 16.4. The second-order valence-corrected chi connectivity index (χ2v) is 10.3. The molecule has 0 saturated carbocycles. The van der Waals surface area contributed by atoms with Crippen molar-refractivity contribution in [1.29, 1.82) is 0 Å². The maximum Gasteiger partial charge on any atom is 0.336 e. The van der Waals surface area contributed by atoms with Crippen LogP contribution in [0.5, 0.6) is 0 Å². The highest BCUT2D eigenvalue weighted by Crippen LogP contribution is 2.30. The number of benzene rings is 5. The lowest BCUT2D eigenvalue weighted by Crippen LogP contribution is -2.29. The van der Waals surface area contributed by atoms with Gasteiger partial charge in [-0.2, -0.15) is 0 Å². The molecule has 0 unspecified atom stereocenters. The van der Waals surface area contributed by atoms with E-state index in [0.29, 0.717) is 17.7 Å². The standard InChI is InChI=1S/C35H30N2O3/c38-34(36-22-25-13-14-26-6-1-2-7-28(26)20-25)30-17-18-33-29(21-30)8-5-19-37(33)23-24-11-15-27(16-12-24)31-9-3-4-10-32(31)35(39)40/h1-4,6-7,9-18,20-21H,5,8,19,22-23H2,(H,36,38)(H,39,40). The second-order valence-electron chi connectivity index (χ2n) is 10.3. The average Bonchev–Trinajstić information content (AvgIpc) is 3.00. The summed E-state index contributed by atoms with van der Waals surface area (Å²) >= 11 is 0. The smallest absolute Gasteiger partial charge is 0.336 e. The van der Waals surface area contributed by atoms with E-state index in [2.05, 4.69) is 58.7 Å². The fourth-order valence-corrected chi connectivity index (χ4v) is 5.55. The van der Waals surface area contributed by atoms with Gasteiger partial charge in [0.05, 0.1) is 5.56 Å². The van der Waals surface area contributed by atoms with Crippen molar-refractivity contribution >= 4 is 28.3 Å². The molecule has 0 saturated heterocycles. The van der Waals surface area contributed by atoms with Crippen LogP contribution < -0.4 is 10.2 Å². The van der Waals surface area contributed by atoms with Crippen molar-refractivity contribution in [1.82, 2.24) is 5.32 Å². The summed E-state index contributed by atoms with van der Waals surface area (Å²) in [5, 5.41) is 15.0. The third-order valence-corrected chi connectivity index (χ3v) is 7.62. The number of carboxylic acids is 1. The summed E-state index contributed by atoms with van der Waals surface area (Å²) in [5.74, 6) is -0.989. The second kappa shape index (κ2) is 11.1. The number of rotatable bonds is 7. The summed E-state index contributed by atoms with van der Waals surface area (Å²) in [6.07, 6.45) is 1.97. The van der Waals surface area contributed by atoms with Gasteiger partial charge in [0.2, 0.25) is 0 Å². The molecular weight excluding hydrogens is 496 g/mol. The maximum absolute atomic E-state index is 13.0. The van der Waals surface area contributed by atoms with Crippen LogP contribution in [0.3, 0.4) is 0 Å². The van der Waals surface area contributed by atoms with E-state index in [9.17, 15) is 14.7 Å². The predicted molar refractivity (Wildman–Crippen MR) is 160 cm³/mol. The molecule has 1 amide bonds. The molecule has 6 rings (SSSR count). The first kappa shape index (κ1) is 25.4. The molecule has 1 heterocycles. The van der Waals surface area contributed by atoms with Gasteiger partial charge < -0.3 is 15.3 Å². The molecule has 1 aliphatic rings. The van der Waals surface area contributed by atoms with Gasteiger partial charge in [0.1, 0.15) is 0 Å². The number of hydrogen-bond acceptors (Lipinski definition) is 3. The number of carboxylic acid groups (broad SMARTS) is 1. The molecule has 1 aliphatic heterocycles. The van der Waals surface area contributed by atoms with Crippen LogP contribution in [0.15, 0.2) is 109 Å². The van der Waals surface area contributed by atoms with Gasteiger partial charge in [-0.05, 0) is 81.8 Å². The minimum atomic E-state index is -0.925. The highest BCUT2D eigenvalue weighted by molar-refractivity contribution is 5.96. The molecule has 5 heteroatoms. The van der Waals surface area contributed by atoms with Crippen molar-refractivity contribution in [2.75, 3.05) is 11.4 Å². The molecule has 0 radical (unpaired) electrons. The van der Waals surface area contributed by atoms with Crippen molar-refractivity contribution in [3.63, 3.8) is 0 Å². The average molecular weight is 527 g/mol. The Balaban J connectivity index is 1.13. The first-order chi connectivity index (χ1) is 19.5. The fraction of sp³-hybridized carbons (Fsp3) is 0.143. The molecule has 5 aromatic carbocycles. The lowest BCUT2D eigenvalue weighted by atomic mass is 9.97. The number of anilines is 1. The van der Waals surface area contributed by atoms with Crippen LogP contribution in [0.25, 0.3) is 21.9 Å². The topological polar surface area (TPSA) is 69.6 Å². The van der Waals surface area contributed by atoms with Gasteiger partial charge in [0.15, 0.2) is 0 Å². The normalized spacial score (nSPS) is 12.7. The zero-order valence-corrected chi connectivity index (χ0v) is 22.1. The number of amides is 1. The Hall–Kier alpha value is -4.90. The van der Waals surface area contributed by atoms with E-state index in [1.54, 1.807) is 12.1 Å². The largest absolute Gasteiger partial charge is 0.478 e. The van der Waals surface area contributed by atoms with E-state index < -0.39 is 5.97 Å². The van der Waals surface area contributed by atoms with Crippen molar-refractivity contribution < 1.29 is 14.7 Å². The summed E-state index contributed by atoms with van der Waals surface area (Å²) in [5.41, 5.74) is 7.18. The Kier molecular flexibility index (Phi) is 7.02. The summed E-state index contributed by atoms with van der Waals surface area (Å²) in [4.78, 5) is 27.0. The van der Waals surface area contributed by atoms with Gasteiger partial charge in [-0.15, -0.1) is 0 Å². The van der Waals surface area contributed by atoms with E-state index in [1.807, 2.05) is 48.5 Å². The maximum atomic E-state index is 13.0. The molecule has 0 spiro atoms. The van der Waals surface area contributed by atoms with Crippen LogP contribution >= 0.6 is 0 Å². The molecule has 5 nitrogen and oxygen atoms in total. The summed E-state index contributed by atoms with van der Waals surface area (Å²) in [6, 6.07) is 35.7. The van der Waals surface area contributed by atoms with Crippen molar-refractivity contribution in [2.45, 2.75) is 25.9 Å². The van der Waals surface area contributed by atoms with E-state index in [4.69, 9.17) is 0 Å². The highest BCUT2D eigenvalue weighted by Gasteiger charge is 2.19. The lowest BCUT2D eigenvalue weighted by Gasteiger charge is -2.31. The Bertz CT molecular complexity index is 1710. The minimum Gasteiger partial charge on any atom is -0.478 e. The van der Waals surface area contributed by atoms with Crippen molar-refractivity contribution in [2.24, 2.45) is 0 Å². The van der Waals surface area contributed by atoms with Crippen LogP contribution in [0, 0.1) is 0 Å². The molecule has 0 fully saturated rings. The van der Waals surface area contributed by atoms with Crippen molar-refractivity contribution in [3.05, 3.63) is 137 Å². The third kappa shape index (κ3) is 5.32. The Labute approximate surface area is 233 Å². The predicted octanol–water partition coefficient (Wildman–Crippen LogP) is 7.09. The summed E-state index contributed by atoms with van der Waals surface area (Å²) in [7, 11) is 0. The van der Waals surface area contributed by atoms with Gasteiger partial charge in [-0.1, -0.05) is 78.9 Å². The molecule has 0 bridgehead atoms. The number of aryl methyl sites for hydroxylation is 1. The van der Waals surface area contributed by atoms with Gasteiger partial charge in [-0.25, -0.2) is 4.79 Å². The fourth-order valence-electron chi connectivity index (χ4n) is 5.55. The van der Waals surface area contributed by atoms with Gasteiger partial charge in [0, 0.05) is 30.9 Å². The number of carbonyl (C=O) groups is 2. The van der Waals surface area contributed by atoms with E-state index in [-0.39, 0.29) is 5.91 Å². The van der Waals surface area contributed by atoms with Crippen LogP contribution in [-0.4, -0.2) is 23.5 Å². The number of aromatic carboxylic acids is 1. The van der Waals surface area contributed by atoms with Crippen LogP contribution in [0.2, 0.25) is 0 Å². The van der Waals surface area contributed by atoms with Crippen LogP contribution in [-0.2, 0) is 19.5 Å². The monoisotopic (exact) mass is 526 g/mol. The number of nitrogens with zero attached hydrogens (tertiary/aromatic N) is 1. The van der Waals surface area contributed by atoms with Crippen LogP contribution in [0.4, 0.5) is 5.69 Å². The number of hydrogen-bond donors (Lipinski definition) is 2. The molecule has 40 heavy (non-hydrogen) atoms. The number of fused-ring (bicyclic) bond motifs is 2. The molecule has 0 aliphatic carbocycles. The molecule has 0 atom stereocenters. The Morgan fingerprint density at radius 2 is 1.52 bits per heavy atom. The molecule has 5 aromatic rings. The van der Waals surface area contributed by atoms with E-state index >= 15 is 0 Å². The lowest BCUT2D eigenvalue weighted by molar-refractivity contribution is 0.0697. The number of nitrogens with one attached hydrogen (secondary N) is 1. The van der Waals surface area contributed by atoms with E-state index in [0.717, 1.165) is 53.9 Å². The molecular formula is C35H30N2O3. The summed E-state index contributed by atoms with van der Waals surface area (Å²) in [6.45, 7) is 2.19. The molecule has 2 N–H and O–H groups in total. The third-order valence-electron chi connectivity index (χ3n) is 7.62. The summed E-state index contributed by atoms with van der Waals surface area (Å²) < 4.78 is 0. The number of carbonyl (C=O) groups excluding carboxylic acids is 1. The van der Waals surface area contributed by atoms with Gasteiger partial charge in [0.25, 0.3) is 5.91 Å². The zero-order valence-electron chi connectivity index (χ0n) is 22.1. The first-order valence-electron chi connectivity index (χ1n) is 13.6. The van der Waals surface area contributed by atoms with Crippen molar-refractivity contribution in [3.8, 4) is 11.1 Å².